The van der Waals surface area contributed by atoms with Gasteiger partial charge in [-0.3, -0.25) is 4.79 Å². The molecule has 0 unspecified atom stereocenters. The highest BCUT2D eigenvalue weighted by Gasteiger charge is 2.23. The Morgan fingerprint density at radius 1 is 1.13 bits per heavy atom. The molecule has 1 aromatic carbocycles. The zero-order valence-corrected chi connectivity index (χ0v) is 18.3. The molecule has 2 heterocycles. The number of aryl methyl sites for hydroxylation is 1. The van der Waals surface area contributed by atoms with E-state index in [2.05, 4.69) is 14.9 Å². The smallest absolute Gasteiger partial charge is 0.224 e. The molecule has 1 aliphatic carbocycles. The predicted molar refractivity (Wildman–Crippen MR) is 118 cm³/mol. The first-order valence-corrected chi connectivity index (χ1v) is 11.2. The molecular formula is C23H29ClN4O2. The Morgan fingerprint density at radius 3 is 2.63 bits per heavy atom. The summed E-state index contributed by atoms with van der Waals surface area (Å²) in [6, 6.07) is 7.38. The van der Waals surface area contributed by atoms with E-state index in [-0.39, 0.29) is 0 Å². The van der Waals surface area contributed by atoms with Crippen molar-refractivity contribution in [3.05, 3.63) is 41.2 Å². The first kappa shape index (κ1) is 20.9. The third-order valence-electron chi connectivity index (χ3n) is 6.18. The second-order valence-corrected chi connectivity index (χ2v) is 8.69. The van der Waals surface area contributed by atoms with Gasteiger partial charge >= 0.3 is 0 Å². The molecule has 0 radical (unpaired) electrons. The van der Waals surface area contributed by atoms with Crippen LogP contribution in [0.4, 0.5) is 5.82 Å². The van der Waals surface area contributed by atoms with Crippen molar-refractivity contribution < 1.29 is 9.53 Å². The fourth-order valence-corrected chi connectivity index (χ4v) is 4.45. The zero-order chi connectivity index (χ0) is 20.9. The summed E-state index contributed by atoms with van der Waals surface area (Å²) in [5.74, 6) is 3.07. The number of hydrogen-bond donors (Lipinski definition) is 0. The summed E-state index contributed by atoms with van der Waals surface area (Å²) in [5, 5.41) is 0.710. The standard InChI is InChI=1S/C23H29ClN4O2/c1-17-14-19(7-8-20(17)24)30-22-15-21(25-16-26-22)27-10-12-28(13-11-27)23(29)9-6-18-4-2-3-5-18/h7-8,14-16,18H,2-6,9-13H2,1H3. The summed E-state index contributed by atoms with van der Waals surface area (Å²) >= 11 is 6.08. The summed E-state index contributed by atoms with van der Waals surface area (Å²) in [6.45, 7) is 4.95. The highest BCUT2D eigenvalue weighted by Crippen LogP contribution is 2.29. The maximum atomic E-state index is 12.6. The van der Waals surface area contributed by atoms with Gasteiger partial charge in [-0.25, -0.2) is 9.97 Å². The molecule has 7 heteroatoms. The Hall–Kier alpha value is -2.34. The summed E-state index contributed by atoms with van der Waals surface area (Å²) in [5.41, 5.74) is 0.956. The lowest BCUT2D eigenvalue weighted by Gasteiger charge is -2.35. The average Bonchev–Trinajstić information content (AvgIpc) is 3.29. The van der Waals surface area contributed by atoms with Crippen molar-refractivity contribution in [3.63, 3.8) is 0 Å². The van der Waals surface area contributed by atoms with E-state index < -0.39 is 0 Å². The van der Waals surface area contributed by atoms with Crippen molar-refractivity contribution >= 4 is 23.3 Å². The molecular weight excluding hydrogens is 400 g/mol. The molecule has 1 saturated heterocycles. The molecule has 0 bridgehead atoms. The maximum absolute atomic E-state index is 12.6. The molecule has 2 fully saturated rings. The minimum Gasteiger partial charge on any atom is -0.439 e. The van der Waals surface area contributed by atoms with Gasteiger partial charge in [0.2, 0.25) is 11.8 Å². The van der Waals surface area contributed by atoms with Crippen molar-refractivity contribution in [1.29, 1.82) is 0 Å². The van der Waals surface area contributed by atoms with Crippen molar-refractivity contribution in [2.75, 3.05) is 31.1 Å². The van der Waals surface area contributed by atoms with Gasteiger partial charge in [0.25, 0.3) is 0 Å². The molecule has 1 amide bonds. The topological polar surface area (TPSA) is 58.6 Å². The van der Waals surface area contributed by atoms with E-state index in [1.807, 2.05) is 36.1 Å². The number of nitrogens with zero attached hydrogens (tertiary/aromatic N) is 4. The van der Waals surface area contributed by atoms with Gasteiger partial charge in [-0.05, 0) is 43.0 Å². The minimum absolute atomic E-state index is 0.298. The SMILES string of the molecule is Cc1cc(Oc2cc(N3CCN(C(=O)CCC4CCCC4)CC3)ncn2)ccc1Cl. The molecule has 1 aliphatic heterocycles. The van der Waals surface area contributed by atoms with E-state index in [9.17, 15) is 4.79 Å². The fraction of sp³-hybridized carbons (Fsp3) is 0.522. The van der Waals surface area contributed by atoms with Gasteiger partial charge in [-0.15, -0.1) is 0 Å². The van der Waals surface area contributed by atoms with Crippen LogP contribution in [0.3, 0.4) is 0 Å². The lowest BCUT2D eigenvalue weighted by molar-refractivity contribution is -0.131. The second kappa shape index (κ2) is 9.65. The lowest BCUT2D eigenvalue weighted by atomic mass is 10.0. The molecule has 0 N–H and O–H groups in total. The molecule has 2 aromatic rings. The summed E-state index contributed by atoms with van der Waals surface area (Å²) in [7, 11) is 0. The number of halogens is 1. The van der Waals surface area contributed by atoms with Crippen LogP contribution in [0.1, 0.15) is 44.1 Å². The first-order chi connectivity index (χ1) is 14.6. The van der Waals surface area contributed by atoms with Crippen molar-refractivity contribution in [2.45, 2.75) is 45.4 Å². The number of anilines is 1. The van der Waals surface area contributed by atoms with Gasteiger partial charge in [0.05, 0.1) is 0 Å². The second-order valence-electron chi connectivity index (χ2n) is 8.28. The Bertz CT molecular complexity index is 877. The van der Waals surface area contributed by atoms with E-state index in [4.69, 9.17) is 16.3 Å². The van der Waals surface area contributed by atoms with Crippen LogP contribution in [0.5, 0.6) is 11.6 Å². The van der Waals surface area contributed by atoms with Gasteiger partial charge in [0.15, 0.2) is 0 Å². The highest BCUT2D eigenvalue weighted by molar-refractivity contribution is 6.31. The van der Waals surface area contributed by atoms with E-state index in [0.717, 1.165) is 49.9 Å². The summed E-state index contributed by atoms with van der Waals surface area (Å²) in [4.78, 5) is 25.4. The van der Waals surface area contributed by atoms with Crippen LogP contribution in [0.25, 0.3) is 0 Å². The summed E-state index contributed by atoms with van der Waals surface area (Å²) in [6.07, 6.45) is 8.53. The third-order valence-corrected chi connectivity index (χ3v) is 6.60. The molecule has 1 saturated carbocycles. The van der Waals surface area contributed by atoms with Crippen molar-refractivity contribution in [2.24, 2.45) is 5.92 Å². The maximum Gasteiger partial charge on any atom is 0.224 e. The molecule has 1 aromatic heterocycles. The monoisotopic (exact) mass is 428 g/mol. The zero-order valence-electron chi connectivity index (χ0n) is 17.5. The Kier molecular flexibility index (Phi) is 6.72. The van der Waals surface area contributed by atoms with Gasteiger partial charge in [-0.2, -0.15) is 0 Å². The van der Waals surface area contributed by atoms with Crippen LogP contribution in [-0.2, 0) is 4.79 Å². The Balaban J connectivity index is 1.30. The number of carbonyl (C=O) groups is 1. The number of amides is 1. The third kappa shape index (κ3) is 5.22. The van der Waals surface area contributed by atoms with Gasteiger partial charge in [0.1, 0.15) is 17.9 Å². The molecule has 2 aliphatic rings. The van der Waals surface area contributed by atoms with E-state index >= 15 is 0 Å². The summed E-state index contributed by atoms with van der Waals surface area (Å²) < 4.78 is 5.88. The van der Waals surface area contributed by atoms with Gasteiger partial charge in [-0.1, -0.05) is 37.3 Å². The van der Waals surface area contributed by atoms with E-state index in [1.54, 1.807) is 0 Å². The molecule has 0 atom stereocenters. The van der Waals surface area contributed by atoms with Crippen LogP contribution in [0.15, 0.2) is 30.6 Å². The van der Waals surface area contributed by atoms with Crippen molar-refractivity contribution in [3.8, 4) is 11.6 Å². The number of ether oxygens (including phenoxy) is 1. The number of carbonyl (C=O) groups excluding carboxylic acids is 1. The molecule has 6 nitrogen and oxygen atoms in total. The Labute approximate surface area is 183 Å². The number of rotatable bonds is 6. The van der Waals surface area contributed by atoms with Crippen molar-refractivity contribution in [1.82, 2.24) is 14.9 Å². The van der Waals surface area contributed by atoms with Crippen LogP contribution < -0.4 is 9.64 Å². The fourth-order valence-electron chi connectivity index (χ4n) is 4.33. The molecule has 30 heavy (non-hydrogen) atoms. The van der Waals surface area contributed by atoms with Crippen LogP contribution in [-0.4, -0.2) is 47.0 Å². The minimum atomic E-state index is 0.298. The predicted octanol–water partition coefficient (Wildman–Crippen LogP) is 4.85. The van der Waals surface area contributed by atoms with Crippen LogP contribution in [0, 0.1) is 12.8 Å². The normalized spacial score (nSPS) is 17.4. The number of benzene rings is 1. The largest absolute Gasteiger partial charge is 0.439 e. The van der Waals surface area contributed by atoms with Crippen LogP contribution in [0.2, 0.25) is 5.02 Å². The molecule has 4 rings (SSSR count). The van der Waals surface area contributed by atoms with Gasteiger partial charge in [0, 0.05) is 43.7 Å². The number of aromatic nitrogens is 2. The number of piperazine rings is 1. The van der Waals surface area contributed by atoms with E-state index in [1.165, 1.54) is 32.0 Å². The first-order valence-electron chi connectivity index (χ1n) is 10.9. The number of hydrogen-bond acceptors (Lipinski definition) is 5. The quantitative estimate of drug-likeness (QED) is 0.658. The van der Waals surface area contributed by atoms with Gasteiger partial charge < -0.3 is 14.5 Å². The van der Waals surface area contributed by atoms with Crippen LogP contribution >= 0.6 is 11.6 Å². The Morgan fingerprint density at radius 2 is 1.90 bits per heavy atom. The molecule has 0 spiro atoms. The molecule has 160 valence electrons. The lowest BCUT2D eigenvalue weighted by Crippen LogP contribution is -2.49. The highest BCUT2D eigenvalue weighted by atomic mass is 35.5. The van der Waals surface area contributed by atoms with E-state index in [0.29, 0.717) is 29.0 Å². The average molecular weight is 429 g/mol.